The van der Waals surface area contributed by atoms with E-state index in [1.807, 2.05) is 31.2 Å². The minimum atomic E-state index is -0.0927. The molecule has 2 nitrogen and oxygen atoms in total. The van der Waals surface area contributed by atoms with Crippen molar-refractivity contribution in [2.75, 3.05) is 0 Å². The molecule has 96 valence electrons. The van der Waals surface area contributed by atoms with E-state index in [-0.39, 0.29) is 12.1 Å². The number of hydrogen-bond acceptors (Lipinski definition) is 3. The molecule has 0 spiro atoms. The van der Waals surface area contributed by atoms with E-state index in [9.17, 15) is 0 Å². The predicted molar refractivity (Wildman–Crippen MR) is 80.2 cm³/mol. The quantitative estimate of drug-likeness (QED) is 0.910. The molecule has 1 aromatic heterocycles. The number of ether oxygens (including phenoxy) is 1. The highest BCUT2D eigenvalue weighted by Crippen LogP contribution is 2.29. The number of thiophene rings is 1. The molecule has 0 fully saturated rings. The second kappa shape index (κ2) is 5.87. The first-order valence-corrected chi connectivity index (χ1v) is 7.41. The molecule has 0 radical (unpaired) electrons. The summed E-state index contributed by atoms with van der Waals surface area (Å²) in [4.78, 5) is 2.44. The average molecular weight is 326 g/mol. The highest BCUT2D eigenvalue weighted by Gasteiger charge is 2.19. The summed E-state index contributed by atoms with van der Waals surface area (Å²) in [5.41, 5.74) is 6.03. The molecule has 18 heavy (non-hydrogen) atoms. The number of nitrogens with two attached hydrogens (primary N) is 1. The molecule has 0 aliphatic rings. The molecule has 4 heteroatoms. The summed E-state index contributed by atoms with van der Waals surface area (Å²) in [6, 6.07) is 12.0. The Morgan fingerprint density at radius 1 is 1.17 bits per heavy atom. The lowest BCUT2D eigenvalue weighted by Gasteiger charge is -2.21. The van der Waals surface area contributed by atoms with Crippen LogP contribution in [0.1, 0.15) is 22.8 Å². The molecule has 0 bridgehead atoms. The van der Waals surface area contributed by atoms with Crippen LogP contribution in [0.25, 0.3) is 0 Å². The Bertz CT molecular complexity index is 507. The maximum absolute atomic E-state index is 6.03. The van der Waals surface area contributed by atoms with Crippen LogP contribution >= 0.6 is 27.3 Å². The molecule has 0 saturated heterocycles. The third kappa shape index (κ3) is 3.34. The van der Waals surface area contributed by atoms with Gasteiger partial charge >= 0.3 is 0 Å². The summed E-state index contributed by atoms with van der Waals surface area (Å²) in [6.07, 6.45) is -0.0927. The lowest BCUT2D eigenvalue weighted by atomic mass is 10.1. The molecule has 2 N–H and O–H groups in total. The summed E-state index contributed by atoms with van der Waals surface area (Å²) >= 11 is 5.14. The van der Waals surface area contributed by atoms with Crippen LogP contribution < -0.4 is 10.5 Å². The Kier molecular flexibility index (Phi) is 4.43. The van der Waals surface area contributed by atoms with Crippen molar-refractivity contribution in [3.8, 4) is 5.75 Å². The van der Waals surface area contributed by atoms with Gasteiger partial charge in [-0.15, -0.1) is 11.3 Å². The first kappa shape index (κ1) is 13.6. The Morgan fingerprint density at radius 2 is 1.83 bits per heavy atom. The smallest absolute Gasteiger partial charge is 0.148 e. The third-order valence-electron chi connectivity index (χ3n) is 2.60. The molecule has 2 aromatic rings. The molecular formula is C14H16BrNOS. The van der Waals surface area contributed by atoms with Crippen LogP contribution in [0.3, 0.4) is 0 Å². The highest BCUT2D eigenvalue weighted by molar-refractivity contribution is 9.10. The molecule has 0 aliphatic heterocycles. The van der Waals surface area contributed by atoms with Crippen molar-refractivity contribution in [3.05, 3.63) is 50.6 Å². The van der Waals surface area contributed by atoms with E-state index in [2.05, 4.69) is 35.0 Å². The van der Waals surface area contributed by atoms with E-state index in [0.29, 0.717) is 0 Å². The SMILES string of the molecule is Cc1ccc(C(Oc2ccc(Br)cc2)C(C)N)s1. The summed E-state index contributed by atoms with van der Waals surface area (Å²) < 4.78 is 7.04. The summed E-state index contributed by atoms with van der Waals surface area (Å²) in [5, 5.41) is 0. The second-order valence-electron chi connectivity index (χ2n) is 4.30. The normalized spacial score (nSPS) is 14.2. The van der Waals surface area contributed by atoms with E-state index in [4.69, 9.17) is 10.5 Å². The van der Waals surface area contributed by atoms with Gasteiger partial charge < -0.3 is 10.5 Å². The molecule has 2 unspecified atom stereocenters. The fourth-order valence-electron chi connectivity index (χ4n) is 1.69. The van der Waals surface area contributed by atoms with Gasteiger partial charge in [-0.05, 0) is 50.2 Å². The molecule has 1 heterocycles. The molecule has 2 atom stereocenters. The van der Waals surface area contributed by atoms with Crippen molar-refractivity contribution < 1.29 is 4.74 Å². The predicted octanol–water partition coefficient (Wildman–Crippen LogP) is 4.29. The Morgan fingerprint density at radius 3 is 2.33 bits per heavy atom. The first-order valence-electron chi connectivity index (χ1n) is 5.80. The summed E-state index contributed by atoms with van der Waals surface area (Å²) in [5.74, 6) is 0.839. The number of hydrogen-bond donors (Lipinski definition) is 1. The van der Waals surface area contributed by atoms with Gasteiger partial charge in [0.2, 0.25) is 0 Å². The van der Waals surface area contributed by atoms with Crippen LogP contribution in [0, 0.1) is 6.92 Å². The molecule has 0 aliphatic carbocycles. The van der Waals surface area contributed by atoms with Gasteiger partial charge in [0.25, 0.3) is 0 Å². The molecular weight excluding hydrogens is 310 g/mol. The van der Waals surface area contributed by atoms with Crippen LogP contribution in [0.15, 0.2) is 40.9 Å². The average Bonchev–Trinajstić information content (AvgIpc) is 2.74. The third-order valence-corrected chi connectivity index (χ3v) is 4.19. The zero-order valence-electron chi connectivity index (χ0n) is 10.4. The van der Waals surface area contributed by atoms with Crippen molar-refractivity contribution in [2.45, 2.75) is 26.0 Å². The summed E-state index contributed by atoms with van der Waals surface area (Å²) in [6.45, 7) is 4.06. The van der Waals surface area contributed by atoms with E-state index in [1.165, 1.54) is 9.75 Å². The molecule has 0 saturated carbocycles. The monoisotopic (exact) mass is 325 g/mol. The zero-order valence-corrected chi connectivity index (χ0v) is 12.8. The Hall–Kier alpha value is -0.840. The van der Waals surface area contributed by atoms with Crippen molar-refractivity contribution in [2.24, 2.45) is 5.73 Å². The van der Waals surface area contributed by atoms with Crippen LogP contribution in [-0.4, -0.2) is 6.04 Å². The topological polar surface area (TPSA) is 35.2 Å². The standard InChI is InChI=1S/C14H16BrNOS/c1-9-3-8-13(18-9)14(10(2)16)17-12-6-4-11(15)5-7-12/h3-8,10,14H,16H2,1-2H3. The lowest BCUT2D eigenvalue weighted by Crippen LogP contribution is -2.28. The van der Waals surface area contributed by atoms with Crippen LogP contribution in [-0.2, 0) is 0 Å². The maximum atomic E-state index is 6.03. The van der Waals surface area contributed by atoms with Gasteiger partial charge in [0.05, 0.1) is 0 Å². The number of aryl methyl sites for hydroxylation is 1. The number of benzene rings is 1. The van der Waals surface area contributed by atoms with E-state index >= 15 is 0 Å². The van der Waals surface area contributed by atoms with Gasteiger partial charge in [0, 0.05) is 20.3 Å². The van der Waals surface area contributed by atoms with E-state index < -0.39 is 0 Å². The molecule has 0 amide bonds. The molecule has 1 aromatic carbocycles. The minimum absolute atomic E-state index is 0.0494. The van der Waals surface area contributed by atoms with E-state index in [0.717, 1.165) is 10.2 Å². The van der Waals surface area contributed by atoms with Gasteiger partial charge in [-0.3, -0.25) is 0 Å². The van der Waals surface area contributed by atoms with E-state index in [1.54, 1.807) is 11.3 Å². The van der Waals surface area contributed by atoms with Gasteiger partial charge in [0.1, 0.15) is 11.9 Å². The molecule has 2 rings (SSSR count). The zero-order chi connectivity index (χ0) is 13.1. The van der Waals surface area contributed by atoms with Crippen LogP contribution in [0.2, 0.25) is 0 Å². The van der Waals surface area contributed by atoms with Gasteiger partial charge in [-0.2, -0.15) is 0 Å². The van der Waals surface area contributed by atoms with Crippen molar-refractivity contribution in [3.63, 3.8) is 0 Å². The number of rotatable bonds is 4. The largest absolute Gasteiger partial charge is 0.483 e. The van der Waals surface area contributed by atoms with Crippen LogP contribution in [0.5, 0.6) is 5.75 Å². The summed E-state index contributed by atoms with van der Waals surface area (Å²) in [7, 11) is 0. The van der Waals surface area contributed by atoms with Crippen molar-refractivity contribution in [1.29, 1.82) is 0 Å². The second-order valence-corrected chi connectivity index (χ2v) is 6.54. The Balaban J connectivity index is 2.19. The number of halogens is 1. The van der Waals surface area contributed by atoms with Crippen molar-refractivity contribution >= 4 is 27.3 Å². The van der Waals surface area contributed by atoms with Gasteiger partial charge in [-0.1, -0.05) is 15.9 Å². The fourth-order valence-corrected chi connectivity index (χ4v) is 2.98. The highest BCUT2D eigenvalue weighted by atomic mass is 79.9. The lowest BCUT2D eigenvalue weighted by molar-refractivity contribution is 0.184. The van der Waals surface area contributed by atoms with Crippen LogP contribution in [0.4, 0.5) is 0 Å². The van der Waals surface area contributed by atoms with Gasteiger partial charge in [0.15, 0.2) is 0 Å². The first-order chi connectivity index (χ1) is 8.56. The fraction of sp³-hybridized carbons (Fsp3) is 0.286. The van der Waals surface area contributed by atoms with Gasteiger partial charge in [-0.25, -0.2) is 0 Å². The van der Waals surface area contributed by atoms with Crippen molar-refractivity contribution in [1.82, 2.24) is 0 Å². The minimum Gasteiger partial charge on any atom is -0.483 e. The maximum Gasteiger partial charge on any atom is 0.148 e. The Labute approximate surface area is 120 Å².